The maximum atomic E-state index is 9.11. The first-order chi connectivity index (χ1) is 8.14. The lowest BCUT2D eigenvalue weighted by atomic mass is 9.84. The van der Waals surface area contributed by atoms with Crippen molar-refractivity contribution in [1.29, 1.82) is 0 Å². The standard InChI is InChI=1S/C14H16N2O/c1-14(2,11-6-4-3-5-7-11)13-15-9-8-12(10-17)16-13/h3-9,17H,10H2,1-2H3. The Morgan fingerprint density at radius 2 is 1.82 bits per heavy atom. The van der Waals surface area contributed by atoms with Gasteiger partial charge in [-0.3, -0.25) is 0 Å². The van der Waals surface area contributed by atoms with Crippen LogP contribution in [0, 0.1) is 0 Å². The zero-order chi connectivity index (χ0) is 12.3. The number of aliphatic hydroxyl groups is 1. The van der Waals surface area contributed by atoms with Crippen LogP contribution in [-0.4, -0.2) is 15.1 Å². The van der Waals surface area contributed by atoms with E-state index in [2.05, 4.69) is 35.9 Å². The zero-order valence-corrected chi connectivity index (χ0v) is 10.1. The molecule has 2 aromatic rings. The van der Waals surface area contributed by atoms with Crippen LogP contribution in [0.15, 0.2) is 42.6 Å². The molecule has 1 N–H and O–H groups in total. The van der Waals surface area contributed by atoms with Crippen molar-refractivity contribution in [3.8, 4) is 0 Å². The molecule has 0 aliphatic heterocycles. The summed E-state index contributed by atoms with van der Waals surface area (Å²) in [5.41, 5.74) is 1.56. The van der Waals surface area contributed by atoms with Crippen LogP contribution in [0.3, 0.4) is 0 Å². The minimum Gasteiger partial charge on any atom is -0.390 e. The second kappa shape index (κ2) is 4.63. The van der Waals surface area contributed by atoms with E-state index in [4.69, 9.17) is 5.11 Å². The third kappa shape index (κ3) is 2.34. The van der Waals surface area contributed by atoms with Gasteiger partial charge in [0.2, 0.25) is 0 Å². The molecular formula is C14H16N2O. The second-order valence-electron chi connectivity index (χ2n) is 4.52. The van der Waals surface area contributed by atoms with Gasteiger partial charge in [-0.15, -0.1) is 0 Å². The Morgan fingerprint density at radius 3 is 2.47 bits per heavy atom. The summed E-state index contributed by atoms with van der Waals surface area (Å²) in [6.45, 7) is 4.11. The average molecular weight is 228 g/mol. The van der Waals surface area contributed by atoms with Crippen LogP contribution in [0.5, 0.6) is 0 Å². The quantitative estimate of drug-likeness (QED) is 0.876. The highest BCUT2D eigenvalue weighted by Gasteiger charge is 2.26. The fraction of sp³-hybridized carbons (Fsp3) is 0.286. The number of rotatable bonds is 3. The fourth-order valence-electron chi connectivity index (χ4n) is 1.77. The van der Waals surface area contributed by atoms with Crippen LogP contribution in [0.4, 0.5) is 0 Å². The highest BCUT2D eigenvalue weighted by Crippen LogP contribution is 2.28. The molecule has 17 heavy (non-hydrogen) atoms. The topological polar surface area (TPSA) is 46.0 Å². The molecule has 1 heterocycles. The molecule has 0 amide bonds. The smallest absolute Gasteiger partial charge is 0.138 e. The van der Waals surface area contributed by atoms with Gasteiger partial charge in [0.15, 0.2) is 0 Å². The van der Waals surface area contributed by atoms with E-state index in [1.54, 1.807) is 12.3 Å². The molecule has 0 radical (unpaired) electrons. The van der Waals surface area contributed by atoms with Gasteiger partial charge in [0.05, 0.1) is 12.3 Å². The number of hydrogen-bond acceptors (Lipinski definition) is 3. The highest BCUT2D eigenvalue weighted by molar-refractivity contribution is 5.30. The molecule has 0 saturated heterocycles. The predicted molar refractivity (Wildman–Crippen MR) is 66.5 cm³/mol. The Hall–Kier alpha value is -1.74. The number of aliphatic hydroxyl groups excluding tert-OH is 1. The molecule has 0 bridgehead atoms. The number of aromatic nitrogens is 2. The van der Waals surface area contributed by atoms with Gasteiger partial charge in [0, 0.05) is 11.6 Å². The Bertz CT molecular complexity index is 495. The molecule has 0 fully saturated rings. The third-order valence-corrected chi connectivity index (χ3v) is 2.93. The van der Waals surface area contributed by atoms with Gasteiger partial charge in [-0.25, -0.2) is 9.97 Å². The minimum atomic E-state index is -0.258. The maximum absolute atomic E-state index is 9.11. The van der Waals surface area contributed by atoms with E-state index in [-0.39, 0.29) is 12.0 Å². The van der Waals surface area contributed by atoms with Gasteiger partial charge in [0.1, 0.15) is 5.82 Å². The van der Waals surface area contributed by atoms with E-state index < -0.39 is 0 Å². The van der Waals surface area contributed by atoms with Crippen LogP contribution >= 0.6 is 0 Å². The molecule has 3 nitrogen and oxygen atoms in total. The summed E-state index contributed by atoms with van der Waals surface area (Å²) in [5.74, 6) is 0.732. The van der Waals surface area contributed by atoms with E-state index in [9.17, 15) is 0 Å². The molecule has 0 saturated carbocycles. The van der Waals surface area contributed by atoms with Crippen LogP contribution in [0.25, 0.3) is 0 Å². The molecule has 3 heteroatoms. The summed E-state index contributed by atoms with van der Waals surface area (Å²) in [7, 11) is 0. The monoisotopic (exact) mass is 228 g/mol. The van der Waals surface area contributed by atoms with Crippen molar-refractivity contribution in [1.82, 2.24) is 9.97 Å². The number of nitrogens with zero attached hydrogens (tertiary/aromatic N) is 2. The van der Waals surface area contributed by atoms with Gasteiger partial charge in [-0.2, -0.15) is 0 Å². The van der Waals surface area contributed by atoms with E-state index >= 15 is 0 Å². The maximum Gasteiger partial charge on any atom is 0.138 e. The lowest BCUT2D eigenvalue weighted by Crippen LogP contribution is -2.22. The molecule has 2 rings (SSSR count). The van der Waals surface area contributed by atoms with Crippen molar-refractivity contribution in [2.24, 2.45) is 0 Å². The van der Waals surface area contributed by atoms with Gasteiger partial charge < -0.3 is 5.11 Å². The zero-order valence-electron chi connectivity index (χ0n) is 10.1. The molecule has 0 unspecified atom stereocenters. The molecule has 0 spiro atoms. The normalized spacial score (nSPS) is 11.5. The van der Waals surface area contributed by atoms with Crippen molar-refractivity contribution in [2.45, 2.75) is 25.9 Å². The van der Waals surface area contributed by atoms with Crippen LogP contribution in [-0.2, 0) is 12.0 Å². The Labute approximate surface area is 101 Å². The number of benzene rings is 1. The largest absolute Gasteiger partial charge is 0.390 e. The summed E-state index contributed by atoms with van der Waals surface area (Å²) < 4.78 is 0. The SMILES string of the molecule is CC(C)(c1ccccc1)c1nccc(CO)n1. The van der Waals surface area contributed by atoms with Crippen molar-refractivity contribution >= 4 is 0 Å². The molecule has 0 atom stereocenters. The second-order valence-corrected chi connectivity index (χ2v) is 4.52. The van der Waals surface area contributed by atoms with E-state index in [1.807, 2.05) is 18.2 Å². The molecule has 0 aliphatic carbocycles. The predicted octanol–water partition coefficient (Wildman–Crippen LogP) is 2.29. The summed E-state index contributed by atoms with van der Waals surface area (Å²) in [6, 6.07) is 11.9. The summed E-state index contributed by atoms with van der Waals surface area (Å²) in [4.78, 5) is 8.69. The van der Waals surface area contributed by atoms with Crippen LogP contribution in [0.2, 0.25) is 0 Å². The summed E-state index contributed by atoms with van der Waals surface area (Å²) in [5, 5.41) is 9.11. The Morgan fingerprint density at radius 1 is 1.12 bits per heavy atom. The van der Waals surface area contributed by atoms with Crippen molar-refractivity contribution < 1.29 is 5.11 Å². The molecule has 88 valence electrons. The van der Waals surface area contributed by atoms with Crippen LogP contribution in [0.1, 0.15) is 30.9 Å². The van der Waals surface area contributed by atoms with Gasteiger partial charge in [0.25, 0.3) is 0 Å². The Kier molecular flexibility index (Phi) is 3.20. The van der Waals surface area contributed by atoms with Crippen LogP contribution < -0.4 is 0 Å². The number of hydrogen-bond donors (Lipinski definition) is 1. The molecule has 1 aromatic heterocycles. The molecular weight excluding hydrogens is 212 g/mol. The van der Waals surface area contributed by atoms with Crippen molar-refractivity contribution in [2.75, 3.05) is 0 Å². The van der Waals surface area contributed by atoms with Gasteiger partial charge in [-0.1, -0.05) is 30.3 Å². The lowest BCUT2D eigenvalue weighted by Gasteiger charge is -2.23. The highest BCUT2D eigenvalue weighted by atomic mass is 16.3. The van der Waals surface area contributed by atoms with Crippen molar-refractivity contribution in [3.05, 3.63) is 59.7 Å². The molecule has 0 aliphatic rings. The fourth-order valence-corrected chi connectivity index (χ4v) is 1.77. The average Bonchev–Trinajstić information content (AvgIpc) is 2.40. The minimum absolute atomic E-state index is 0.0552. The Balaban J connectivity index is 2.44. The van der Waals surface area contributed by atoms with Crippen molar-refractivity contribution in [3.63, 3.8) is 0 Å². The van der Waals surface area contributed by atoms with E-state index in [0.717, 1.165) is 11.4 Å². The van der Waals surface area contributed by atoms with E-state index in [0.29, 0.717) is 5.69 Å². The first-order valence-corrected chi connectivity index (χ1v) is 5.63. The van der Waals surface area contributed by atoms with Gasteiger partial charge >= 0.3 is 0 Å². The van der Waals surface area contributed by atoms with Gasteiger partial charge in [-0.05, 0) is 25.5 Å². The lowest BCUT2D eigenvalue weighted by molar-refractivity contribution is 0.275. The molecule has 1 aromatic carbocycles. The first kappa shape index (κ1) is 11.7. The summed E-state index contributed by atoms with van der Waals surface area (Å²) >= 11 is 0. The van der Waals surface area contributed by atoms with E-state index in [1.165, 1.54) is 0 Å². The first-order valence-electron chi connectivity index (χ1n) is 5.63. The summed E-state index contributed by atoms with van der Waals surface area (Å²) in [6.07, 6.45) is 1.69. The third-order valence-electron chi connectivity index (χ3n) is 2.93.